The average molecular weight is 436 g/mol. The number of nitrogens with one attached hydrogen (secondary N) is 1. The van der Waals surface area contributed by atoms with Gasteiger partial charge in [-0.05, 0) is 54.5 Å². The molecule has 0 amide bonds. The van der Waals surface area contributed by atoms with Gasteiger partial charge >= 0.3 is 0 Å². The third-order valence-electron chi connectivity index (χ3n) is 3.62. The van der Waals surface area contributed by atoms with Crippen LogP contribution in [0, 0.1) is 0 Å². The van der Waals surface area contributed by atoms with E-state index in [1.165, 1.54) is 5.56 Å². The van der Waals surface area contributed by atoms with Crippen LogP contribution in [0.3, 0.4) is 0 Å². The first kappa shape index (κ1) is 18.2. The highest BCUT2D eigenvalue weighted by Crippen LogP contribution is 2.32. The summed E-state index contributed by atoms with van der Waals surface area (Å²) >= 11 is 7.11. The van der Waals surface area contributed by atoms with E-state index in [1.54, 1.807) is 0 Å². The van der Waals surface area contributed by atoms with Crippen molar-refractivity contribution < 1.29 is 9.47 Å². The Morgan fingerprint density at radius 2 is 2.05 bits per heavy atom. The van der Waals surface area contributed by atoms with Crippen molar-refractivity contribution in [3.8, 4) is 5.75 Å². The van der Waals surface area contributed by atoms with Crippen LogP contribution in [-0.2, 0) is 11.3 Å². The highest BCUT2D eigenvalue weighted by molar-refractivity contribution is 9.11. The van der Waals surface area contributed by atoms with Crippen molar-refractivity contribution in [2.45, 2.75) is 19.9 Å². The van der Waals surface area contributed by atoms with Crippen LogP contribution in [0.2, 0.25) is 0 Å². The third-order valence-corrected chi connectivity index (χ3v) is 4.67. The maximum absolute atomic E-state index is 5.75. The van der Waals surface area contributed by atoms with Crippen molar-refractivity contribution in [2.75, 3.05) is 46.0 Å². The Labute approximate surface area is 149 Å². The molecule has 6 heteroatoms. The molecule has 1 aromatic carbocycles. The Kier molecular flexibility index (Phi) is 8.17. The summed E-state index contributed by atoms with van der Waals surface area (Å²) in [4.78, 5) is 2.46. The molecule has 0 aromatic heterocycles. The van der Waals surface area contributed by atoms with Crippen LogP contribution < -0.4 is 10.1 Å². The van der Waals surface area contributed by atoms with Crippen molar-refractivity contribution in [1.82, 2.24) is 10.2 Å². The number of morpholine rings is 1. The SMILES string of the molecule is CCOc1c(Br)cc(Br)cc1CNCCCN1CCOCC1. The van der Waals surface area contributed by atoms with Crippen molar-refractivity contribution >= 4 is 31.9 Å². The number of hydrogen-bond acceptors (Lipinski definition) is 4. The summed E-state index contributed by atoms with van der Waals surface area (Å²) in [6.07, 6.45) is 1.15. The van der Waals surface area contributed by atoms with E-state index >= 15 is 0 Å². The van der Waals surface area contributed by atoms with Crippen LogP contribution in [0.25, 0.3) is 0 Å². The number of halogens is 2. The van der Waals surface area contributed by atoms with Crippen molar-refractivity contribution in [3.63, 3.8) is 0 Å². The lowest BCUT2D eigenvalue weighted by molar-refractivity contribution is 0.0374. The fourth-order valence-electron chi connectivity index (χ4n) is 2.53. The van der Waals surface area contributed by atoms with E-state index in [9.17, 15) is 0 Å². The first-order valence-electron chi connectivity index (χ1n) is 7.82. The molecular weight excluding hydrogens is 412 g/mol. The van der Waals surface area contributed by atoms with E-state index in [0.717, 1.165) is 67.1 Å². The molecule has 0 radical (unpaired) electrons. The third kappa shape index (κ3) is 5.81. The van der Waals surface area contributed by atoms with E-state index in [1.807, 2.05) is 13.0 Å². The van der Waals surface area contributed by atoms with Crippen LogP contribution in [0.4, 0.5) is 0 Å². The van der Waals surface area contributed by atoms with Crippen molar-refractivity contribution in [1.29, 1.82) is 0 Å². The number of nitrogens with zero attached hydrogens (tertiary/aromatic N) is 1. The van der Waals surface area contributed by atoms with Crippen LogP contribution in [0.5, 0.6) is 5.75 Å². The molecule has 0 aliphatic carbocycles. The number of benzene rings is 1. The number of hydrogen-bond donors (Lipinski definition) is 1. The lowest BCUT2D eigenvalue weighted by Gasteiger charge is -2.26. The van der Waals surface area contributed by atoms with E-state index < -0.39 is 0 Å². The maximum Gasteiger partial charge on any atom is 0.138 e. The molecule has 4 nitrogen and oxygen atoms in total. The highest BCUT2D eigenvalue weighted by Gasteiger charge is 2.11. The number of rotatable bonds is 8. The van der Waals surface area contributed by atoms with E-state index in [-0.39, 0.29) is 0 Å². The summed E-state index contributed by atoms with van der Waals surface area (Å²) in [6.45, 7) is 9.51. The number of ether oxygens (including phenoxy) is 2. The summed E-state index contributed by atoms with van der Waals surface area (Å²) < 4.78 is 13.2. The largest absolute Gasteiger partial charge is 0.492 e. The minimum absolute atomic E-state index is 0.671. The molecule has 1 aliphatic rings. The zero-order valence-electron chi connectivity index (χ0n) is 13.0. The van der Waals surface area contributed by atoms with Gasteiger partial charge in [0.1, 0.15) is 5.75 Å². The fraction of sp³-hybridized carbons (Fsp3) is 0.625. The van der Waals surface area contributed by atoms with Crippen LogP contribution in [-0.4, -0.2) is 50.9 Å². The summed E-state index contributed by atoms with van der Waals surface area (Å²) in [6, 6.07) is 4.14. The molecule has 1 N–H and O–H groups in total. The smallest absolute Gasteiger partial charge is 0.138 e. The van der Waals surface area contributed by atoms with Crippen molar-refractivity contribution in [2.24, 2.45) is 0 Å². The first-order valence-corrected chi connectivity index (χ1v) is 9.41. The normalized spacial score (nSPS) is 16.0. The molecule has 1 aliphatic heterocycles. The zero-order valence-corrected chi connectivity index (χ0v) is 16.2. The maximum atomic E-state index is 5.75. The standard InChI is InChI=1S/C16H24Br2N2O2/c1-2-22-16-13(10-14(17)11-15(16)18)12-19-4-3-5-20-6-8-21-9-7-20/h10-11,19H,2-9,12H2,1H3. The fourth-order valence-corrected chi connectivity index (χ4v) is 3.95. The quantitative estimate of drug-likeness (QED) is 0.634. The molecular formula is C16H24Br2N2O2. The second kappa shape index (κ2) is 9.88. The van der Waals surface area contributed by atoms with Crippen molar-refractivity contribution in [3.05, 3.63) is 26.6 Å². The zero-order chi connectivity index (χ0) is 15.8. The van der Waals surface area contributed by atoms with Gasteiger partial charge in [0.2, 0.25) is 0 Å². The summed E-state index contributed by atoms with van der Waals surface area (Å²) in [5, 5.41) is 3.51. The van der Waals surface area contributed by atoms with Gasteiger partial charge in [0.05, 0.1) is 24.3 Å². The Morgan fingerprint density at radius 3 is 2.77 bits per heavy atom. The predicted octanol–water partition coefficient (Wildman–Crippen LogP) is 3.42. The molecule has 1 saturated heterocycles. The van der Waals surface area contributed by atoms with Gasteiger partial charge in [-0.25, -0.2) is 0 Å². The summed E-state index contributed by atoms with van der Waals surface area (Å²) in [7, 11) is 0. The van der Waals surface area contributed by atoms with Crippen LogP contribution in [0.1, 0.15) is 18.9 Å². The highest BCUT2D eigenvalue weighted by atomic mass is 79.9. The topological polar surface area (TPSA) is 33.7 Å². The first-order chi connectivity index (χ1) is 10.7. The van der Waals surface area contributed by atoms with E-state index in [0.29, 0.717) is 6.61 Å². The minimum atomic E-state index is 0.671. The van der Waals surface area contributed by atoms with Gasteiger partial charge in [-0.2, -0.15) is 0 Å². The van der Waals surface area contributed by atoms with Gasteiger partial charge in [-0.15, -0.1) is 0 Å². The second-order valence-electron chi connectivity index (χ2n) is 5.29. The molecule has 0 bridgehead atoms. The Balaban J connectivity index is 1.76. The minimum Gasteiger partial charge on any atom is -0.492 e. The van der Waals surface area contributed by atoms with E-state index in [2.05, 4.69) is 48.1 Å². The predicted molar refractivity (Wildman–Crippen MR) is 96.6 cm³/mol. The lowest BCUT2D eigenvalue weighted by atomic mass is 10.2. The van der Waals surface area contributed by atoms with Gasteiger partial charge < -0.3 is 14.8 Å². The molecule has 2 rings (SSSR count). The van der Waals surface area contributed by atoms with Gasteiger partial charge in [0.25, 0.3) is 0 Å². The Bertz CT molecular complexity index is 466. The van der Waals surface area contributed by atoms with E-state index in [4.69, 9.17) is 9.47 Å². The van der Waals surface area contributed by atoms with Gasteiger partial charge in [-0.3, -0.25) is 4.90 Å². The molecule has 124 valence electrons. The van der Waals surface area contributed by atoms with Crippen LogP contribution in [0.15, 0.2) is 21.1 Å². The second-order valence-corrected chi connectivity index (χ2v) is 7.06. The van der Waals surface area contributed by atoms with Gasteiger partial charge in [0.15, 0.2) is 0 Å². The molecule has 1 aromatic rings. The molecule has 1 heterocycles. The van der Waals surface area contributed by atoms with Gasteiger partial charge in [-0.1, -0.05) is 15.9 Å². The Hall–Kier alpha value is -0.140. The average Bonchev–Trinajstić information content (AvgIpc) is 2.51. The molecule has 0 saturated carbocycles. The molecule has 1 fully saturated rings. The van der Waals surface area contributed by atoms with Gasteiger partial charge in [0, 0.05) is 29.7 Å². The lowest BCUT2D eigenvalue weighted by Crippen LogP contribution is -2.37. The molecule has 0 spiro atoms. The summed E-state index contributed by atoms with van der Waals surface area (Å²) in [5.74, 6) is 0.936. The molecule has 22 heavy (non-hydrogen) atoms. The monoisotopic (exact) mass is 434 g/mol. The Morgan fingerprint density at radius 1 is 1.27 bits per heavy atom. The molecule has 0 atom stereocenters. The molecule has 0 unspecified atom stereocenters. The van der Waals surface area contributed by atoms with Crippen LogP contribution >= 0.6 is 31.9 Å². The summed E-state index contributed by atoms with van der Waals surface area (Å²) in [5.41, 5.74) is 1.18.